The van der Waals surface area contributed by atoms with Crippen LogP contribution in [0.25, 0.3) is 0 Å². The number of pyridine rings is 1. The number of halogens is 3. The highest BCUT2D eigenvalue weighted by atomic mass is 127. The fourth-order valence-corrected chi connectivity index (χ4v) is 2.69. The molecule has 0 bridgehead atoms. The number of aryl methyl sites for hydroxylation is 1. The topological polar surface area (TPSA) is 70.6 Å². The Bertz CT molecular complexity index is 762. The van der Waals surface area contributed by atoms with Crippen LogP contribution in [-0.2, 0) is 6.54 Å². The maximum Gasteiger partial charge on any atom is 0.387 e. The summed E-state index contributed by atoms with van der Waals surface area (Å²) in [6, 6.07) is 10.9. The molecule has 6 nitrogen and oxygen atoms in total. The fraction of sp³-hybridized carbons (Fsp3) is 0.429. The maximum atomic E-state index is 12.6. The van der Waals surface area contributed by atoms with Crippen LogP contribution in [0.2, 0.25) is 0 Å². The lowest BCUT2D eigenvalue weighted by Gasteiger charge is -2.13. The number of nitrogens with one attached hydrogen (secondary N) is 3. The van der Waals surface area contributed by atoms with E-state index in [1.807, 2.05) is 38.1 Å². The van der Waals surface area contributed by atoms with E-state index >= 15 is 0 Å². The van der Waals surface area contributed by atoms with Gasteiger partial charge < -0.3 is 20.7 Å². The van der Waals surface area contributed by atoms with Gasteiger partial charge in [-0.1, -0.05) is 23.8 Å². The van der Waals surface area contributed by atoms with Gasteiger partial charge in [-0.3, -0.25) is 0 Å². The van der Waals surface area contributed by atoms with Gasteiger partial charge in [0.2, 0.25) is 0 Å². The van der Waals surface area contributed by atoms with Gasteiger partial charge in [-0.2, -0.15) is 8.78 Å². The highest BCUT2D eigenvalue weighted by Crippen LogP contribution is 2.22. The van der Waals surface area contributed by atoms with E-state index in [2.05, 4.69) is 30.7 Å². The van der Waals surface area contributed by atoms with E-state index in [0.29, 0.717) is 18.1 Å². The zero-order chi connectivity index (χ0) is 20.9. The molecule has 3 N–H and O–H groups in total. The van der Waals surface area contributed by atoms with Crippen LogP contribution in [0.5, 0.6) is 5.75 Å². The summed E-state index contributed by atoms with van der Waals surface area (Å²) in [6.07, 6.45) is 3.69. The summed E-state index contributed by atoms with van der Waals surface area (Å²) in [5.74, 6) is 1.68. The molecule has 0 aliphatic carbocycles. The minimum Gasteiger partial charge on any atom is -0.434 e. The minimum absolute atomic E-state index is 0. The van der Waals surface area contributed by atoms with Crippen molar-refractivity contribution in [3.63, 3.8) is 0 Å². The van der Waals surface area contributed by atoms with Gasteiger partial charge in [-0.15, -0.1) is 24.0 Å². The van der Waals surface area contributed by atoms with Gasteiger partial charge in [-0.05, 0) is 44.9 Å². The number of guanidine groups is 1. The molecule has 1 aromatic heterocycles. The molecule has 1 heterocycles. The van der Waals surface area contributed by atoms with Crippen LogP contribution in [0, 0.1) is 6.92 Å². The molecule has 2 rings (SSSR count). The number of alkyl halides is 2. The van der Waals surface area contributed by atoms with E-state index in [9.17, 15) is 8.78 Å². The summed E-state index contributed by atoms with van der Waals surface area (Å²) in [7, 11) is 0. The predicted octanol–water partition coefficient (Wildman–Crippen LogP) is 4.56. The van der Waals surface area contributed by atoms with Gasteiger partial charge in [-0.25, -0.2) is 9.98 Å². The third kappa shape index (κ3) is 10.0. The van der Waals surface area contributed by atoms with Gasteiger partial charge >= 0.3 is 6.61 Å². The highest BCUT2D eigenvalue weighted by Gasteiger charge is 2.10. The number of rotatable bonds is 11. The number of ether oxygens (including phenoxy) is 1. The Morgan fingerprint density at radius 3 is 2.63 bits per heavy atom. The number of unbranched alkanes of at least 4 members (excludes halogenated alkanes) is 1. The molecule has 0 fully saturated rings. The third-order valence-corrected chi connectivity index (χ3v) is 4.05. The second-order valence-electron chi connectivity index (χ2n) is 6.46. The second-order valence-corrected chi connectivity index (χ2v) is 6.46. The van der Waals surface area contributed by atoms with Crippen LogP contribution in [0.15, 0.2) is 47.6 Å². The first-order valence-electron chi connectivity index (χ1n) is 9.80. The van der Waals surface area contributed by atoms with Crippen LogP contribution < -0.4 is 20.7 Å². The van der Waals surface area contributed by atoms with E-state index in [-0.39, 0.29) is 36.3 Å². The van der Waals surface area contributed by atoms with E-state index in [1.165, 1.54) is 0 Å². The quantitative estimate of drug-likeness (QED) is 0.171. The Hall–Kier alpha value is -2.17. The van der Waals surface area contributed by atoms with Crippen LogP contribution in [0.3, 0.4) is 0 Å². The Labute approximate surface area is 193 Å². The smallest absolute Gasteiger partial charge is 0.387 e. The second kappa shape index (κ2) is 14.8. The summed E-state index contributed by atoms with van der Waals surface area (Å²) >= 11 is 0. The molecule has 0 spiro atoms. The monoisotopic (exact) mass is 533 g/mol. The minimum atomic E-state index is -2.86. The molecule has 0 unspecified atom stereocenters. The third-order valence-electron chi connectivity index (χ3n) is 4.05. The van der Waals surface area contributed by atoms with Crippen molar-refractivity contribution in [2.75, 3.05) is 25.0 Å². The molecule has 0 aliphatic rings. The van der Waals surface area contributed by atoms with Gasteiger partial charge in [0.05, 0.1) is 6.54 Å². The normalized spacial score (nSPS) is 11.0. The van der Waals surface area contributed by atoms with Crippen LogP contribution >= 0.6 is 24.0 Å². The molecule has 0 aliphatic heterocycles. The molecule has 0 atom stereocenters. The molecule has 0 saturated heterocycles. The molecule has 0 amide bonds. The molecular formula is C21H30F2IN5O. The number of aromatic nitrogens is 1. The molecule has 0 saturated carbocycles. The number of aliphatic imine (C=N–C) groups is 1. The number of hydrogen-bond acceptors (Lipinski definition) is 4. The van der Waals surface area contributed by atoms with Crippen molar-refractivity contribution in [1.29, 1.82) is 0 Å². The average molecular weight is 533 g/mol. The Morgan fingerprint density at radius 2 is 1.93 bits per heavy atom. The van der Waals surface area contributed by atoms with Gasteiger partial charge in [0.15, 0.2) is 5.96 Å². The summed E-state index contributed by atoms with van der Waals surface area (Å²) in [4.78, 5) is 8.72. The maximum absolute atomic E-state index is 12.6. The number of anilines is 1. The van der Waals surface area contributed by atoms with Crippen molar-refractivity contribution < 1.29 is 13.5 Å². The first-order valence-corrected chi connectivity index (χ1v) is 9.80. The molecule has 166 valence electrons. The van der Waals surface area contributed by atoms with Crippen LogP contribution in [-0.4, -0.2) is 37.2 Å². The van der Waals surface area contributed by atoms with Gasteiger partial charge in [0.25, 0.3) is 0 Å². The Balaban J connectivity index is 0.00000450. The van der Waals surface area contributed by atoms with Crippen molar-refractivity contribution in [2.45, 2.75) is 39.8 Å². The Morgan fingerprint density at radius 1 is 1.13 bits per heavy atom. The van der Waals surface area contributed by atoms with Crippen molar-refractivity contribution >= 4 is 35.8 Å². The fourth-order valence-electron chi connectivity index (χ4n) is 2.69. The first kappa shape index (κ1) is 25.9. The molecule has 0 radical (unpaired) electrons. The number of hydrogen-bond donors (Lipinski definition) is 3. The van der Waals surface area contributed by atoms with Crippen molar-refractivity contribution in [1.82, 2.24) is 15.6 Å². The first-order chi connectivity index (χ1) is 14.1. The predicted molar refractivity (Wildman–Crippen MR) is 128 cm³/mol. The molecule has 9 heteroatoms. The van der Waals surface area contributed by atoms with E-state index in [4.69, 9.17) is 0 Å². The van der Waals surface area contributed by atoms with Gasteiger partial charge in [0, 0.05) is 31.4 Å². The van der Waals surface area contributed by atoms with Crippen molar-refractivity contribution in [3.8, 4) is 5.75 Å². The van der Waals surface area contributed by atoms with Gasteiger partial charge in [0.1, 0.15) is 11.6 Å². The summed E-state index contributed by atoms with van der Waals surface area (Å²) in [6.45, 7) is 3.58. The highest BCUT2D eigenvalue weighted by molar-refractivity contribution is 14.0. The van der Waals surface area contributed by atoms with Crippen LogP contribution in [0.4, 0.5) is 14.6 Å². The van der Waals surface area contributed by atoms with E-state index in [1.54, 1.807) is 18.3 Å². The van der Waals surface area contributed by atoms with Crippen LogP contribution in [0.1, 0.15) is 30.9 Å². The molecule has 30 heavy (non-hydrogen) atoms. The van der Waals surface area contributed by atoms with Crippen molar-refractivity contribution in [3.05, 3.63) is 53.7 Å². The van der Waals surface area contributed by atoms with E-state index < -0.39 is 6.61 Å². The molecule has 2 aromatic rings. The molecular weight excluding hydrogens is 503 g/mol. The average Bonchev–Trinajstić information content (AvgIpc) is 2.70. The lowest BCUT2D eigenvalue weighted by atomic mass is 10.1. The van der Waals surface area contributed by atoms with E-state index in [0.717, 1.165) is 37.3 Å². The lowest BCUT2D eigenvalue weighted by Crippen LogP contribution is -2.37. The summed E-state index contributed by atoms with van der Waals surface area (Å²) in [5.41, 5.74) is 1.59. The summed E-state index contributed by atoms with van der Waals surface area (Å²) in [5, 5.41) is 9.71. The Kier molecular flexibility index (Phi) is 12.7. The number of benzene rings is 1. The summed E-state index contributed by atoms with van der Waals surface area (Å²) < 4.78 is 29.8. The SMILES string of the molecule is CCNC(=NCc1cc(C)ccc1OC(F)F)NCCCCNc1ccccn1.I. The zero-order valence-electron chi connectivity index (χ0n) is 17.3. The zero-order valence-corrected chi connectivity index (χ0v) is 19.7. The lowest BCUT2D eigenvalue weighted by molar-refractivity contribution is -0.0504. The largest absolute Gasteiger partial charge is 0.434 e. The standard InChI is InChI=1S/C21H29F2N5O.HI/c1-3-24-21(27-13-7-6-12-26-19-8-4-5-11-25-19)28-15-17-14-16(2)9-10-18(17)29-20(22)23;/h4-5,8-11,14,20H,3,6-7,12-13,15H2,1-2H3,(H,25,26)(H2,24,27,28);1H. The molecule has 1 aromatic carbocycles. The van der Waals surface area contributed by atoms with Crippen molar-refractivity contribution in [2.24, 2.45) is 4.99 Å². The number of nitrogens with zero attached hydrogens (tertiary/aromatic N) is 2.